The van der Waals surface area contributed by atoms with Crippen LogP contribution in [0.3, 0.4) is 0 Å². The number of allylic oxidation sites excluding steroid dienone is 2. The maximum absolute atomic E-state index is 11.3. The molecule has 1 N–H and O–H groups in total. The normalized spacial score (nSPS) is 12.1. The molecule has 0 aromatic rings. The Morgan fingerprint density at radius 3 is 2.43 bits per heavy atom. The lowest BCUT2D eigenvalue weighted by molar-refractivity contribution is 0.0548. The minimum absolute atomic E-state index is 0.447. The van der Waals surface area contributed by atoms with Crippen LogP contribution in [-0.4, -0.2) is 11.7 Å². The Morgan fingerprint density at radius 2 is 2.07 bits per heavy atom. The Hall–Kier alpha value is -1.25. The van der Waals surface area contributed by atoms with Crippen molar-refractivity contribution in [2.24, 2.45) is 0 Å². The first kappa shape index (κ1) is 12.8. The van der Waals surface area contributed by atoms with E-state index in [0.717, 1.165) is 6.42 Å². The van der Waals surface area contributed by atoms with E-state index < -0.39 is 11.7 Å². The van der Waals surface area contributed by atoms with Gasteiger partial charge in [0.05, 0.1) is 0 Å². The van der Waals surface area contributed by atoms with Crippen LogP contribution in [0.5, 0.6) is 0 Å². The van der Waals surface area contributed by atoms with E-state index in [2.05, 4.69) is 11.9 Å². The molecular weight excluding hydrogens is 178 g/mol. The highest BCUT2D eigenvalue weighted by molar-refractivity contribution is 5.70. The third kappa shape index (κ3) is 6.29. The van der Waals surface area contributed by atoms with Gasteiger partial charge in [0.2, 0.25) is 0 Å². The molecule has 0 fully saturated rings. The van der Waals surface area contributed by atoms with E-state index in [0.29, 0.717) is 5.70 Å². The van der Waals surface area contributed by atoms with Gasteiger partial charge in [-0.15, -0.1) is 0 Å². The SMILES string of the molecule is C=C/C(=C\CC)NC(=O)OC(C)(C)C. The van der Waals surface area contributed by atoms with Gasteiger partial charge in [-0.2, -0.15) is 0 Å². The summed E-state index contributed by atoms with van der Waals surface area (Å²) >= 11 is 0. The van der Waals surface area contributed by atoms with Crippen molar-refractivity contribution in [3.05, 3.63) is 24.4 Å². The fourth-order valence-electron chi connectivity index (χ4n) is 0.827. The number of hydrogen-bond donors (Lipinski definition) is 1. The van der Waals surface area contributed by atoms with E-state index in [4.69, 9.17) is 4.74 Å². The summed E-state index contributed by atoms with van der Waals surface area (Å²) in [5.74, 6) is 0. The molecule has 3 heteroatoms. The quantitative estimate of drug-likeness (QED) is 0.706. The predicted molar refractivity (Wildman–Crippen MR) is 57.9 cm³/mol. The number of alkyl carbamates (subject to hydrolysis) is 1. The van der Waals surface area contributed by atoms with Crippen LogP contribution in [0, 0.1) is 0 Å². The maximum atomic E-state index is 11.3. The Bertz CT molecular complexity index is 236. The number of carbonyl (C=O) groups excluding carboxylic acids is 1. The molecular formula is C11H19NO2. The summed E-state index contributed by atoms with van der Waals surface area (Å²) in [7, 11) is 0. The number of carbonyl (C=O) groups is 1. The fraction of sp³-hybridized carbons (Fsp3) is 0.545. The van der Waals surface area contributed by atoms with Crippen molar-refractivity contribution >= 4 is 6.09 Å². The van der Waals surface area contributed by atoms with Crippen molar-refractivity contribution in [2.45, 2.75) is 39.7 Å². The molecule has 0 aliphatic rings. The minimum Gasteiger partial charge on any atom is -0.444 e. The summed E-state index contributed by atoms with van der Waals surface area (Å²) in [5, 5.41) is 2.61. The summed E-state index contributed by atoms with van der Waals surface area (Å²) in [6, 6.07) is 0. The second kappa shape index (κ2) is 5.47. The fourth-order valence-corrected chi connectivity index (χ4v) is 0.827. The molecule has 80 valence electrons. The molecule has 0 saturated heterocycles. The van der Waals surface area contributed by atoms with Crippen LogP contribution in [0.2, 0.25) is 0 Å². The molecule has 0 unspecified atom stereocenters. The summed E-state index contributed by atoms with van der Waals surface area (Å²) in [4.78, 5) is 11.3. The predicted octanol–water partition coefficient (Wildman–Crippen LogP) is 2.99. The van der Waals surface area contributed by atoms with Gasteiger partial charge in [0.15, 0.2) is 0 Å². The van der Waals surface area contributed by atoms with Gasteiger partial charge >= 0.3 is 6.09 Å². The zero-order chi connectivity index (χ0) is 11.2. The first-order valence-corrected chi connectivity index (χ1v) is 4.71. The van der Waals surface area contributed by atoms with Crippen molar-refractivity contribution in [1.82, 2.24) is 5.32 Å². The smallest absolute Gasteiger partial charge is 0.412 e. The lowest BCUT2D eigenvalue weighted by Gasteiger charge is -2.19. The summed E-state index contributed by atoms with van der Waals surface area (Å²) in [6.07, 6.45) is 3.86. The largest absolute Gasteiger partial charge is 0.444 e. The van der Waals surface area contributed by atoms with Crippen molar-refractivity contribution in [1.29, 1.82) is 0 Å². The van der Waals surface area contributed by atoms with Crippen LogP contribution in [0.4, 0.5) is 4.79 Å². The number of ether oxygens (including phenoxy) is 1. The van der Waals surface area contributed by atoms with Gasteiger partial charge in [-0.1, -0.05) is 19.6 Å². The molecule has 0 aromatic carbocycles. The topological polar surface area (TPSA) is 38.3 Å². The second-order valence-electron chi connectivity index (χ2n) is 3.90. The lowest BCUT2D eigenvalue weighted by Crippen LogP contribution is -2.31. The standard InChI is InChI=1S/C11H19NO2/c1-6-8-9(7-2)12-10(13)14-11(3,4)5/h7-8H,2,6H2,1,3-5H3,(H,12,13)/b9-8+. The monoisotopic (exact) mass is 197 g/mol. The third-order valence-corrected chi connectivity index (χ3v) is 1.29. The molecule has 0 radical (unpaired) electrons. The molecule has 0 aliphatic carbocycles. The van der Waals surface area contributed by atoms with E-state index in [-0.39, 0.29) is 0 Å². The number of amides is 1. The van der Waals surface area contributed by atoms with Crippen LogP contribution in [0.15, 0.2) is 24.4 Å². The molecule has 0 bridgehead atoms. The Labute approximate surface area is 85.8 Å². The Balaban J connectivity index is 4.18. The second-order valence-corrected chi connectivity index (χ2v) is 3.90. The average Bonchev–Trinajstić information content (AvgIpc) is 2.00. The summed E-state index contributed by atoms with van der Waals surface area (Å²) < 4.78 is 5.08. The highest BCUT2D eigenvalue weighted by Gasteiger charge is 2.15. The van der Waals surface area contributed by atoms with Gasteiger partial charge in [-0.25, -0.2) is 4.79 Å². The Kier molecular flexibility index (Phi) is 4.99. The first-order valence-electron chi connectivity index (χ1n) is 4.71. The van der Waals surface area contributed by atoms with Crippen molar-refractivity contribution < 1.29 is 9.53 Å². The molecule has 0 aliphatic heterocycles. The van der Waals surface area contributed by atoms with E-state index in [1.807, 2.05) is 33.8 Å². The average molecular weight is 197 g/mol. The molecule has 0 saturated carbocycles. The van der Waals surface area contributed by atoms with Gasteiger partial charge in [0, 0.05) is 5.70 Å². The molecule has 0 atom stereocenters. The van der Waals surface area contributed by atoms with Gasteiger partial charge in [0.1, 0.15) is 5.60 Å². The van der Waals surface area contributed by atoms with Crippen LogP contribution in [0.1, 0.15) is 34.1 Å². The number of rotatable bonds is 3. The third-order valence-electron chi connectivity index (χ3n) is 1.29. The lowest BCUT2D eigenvalue weighted by atomic mass is 10.2. The highest BCUT2D eigenvalue weighted by Crippen LogP contribution is 2.07. The molecule has 14 heavy (non-hydrogen) atoms. The van der Waals surface area contributed by atoms with Crippen molar-refractivity contribution in [3.63, 3.8) is 0 Å². The molecule has 0 spiro atoms. The van der Waals surface area contributed by atoms with Crippen LogP contribution in [-0.2, 0) is 4.74 Å². The summed E-state index contributed by atoms with van der Waals surface area (Å²) in [6.45, 7) is 11.0. The zero-order valence-corrected chi connectivity index (χ0v) is 9.39. The van der Waals surface area contributed by atoms with Gasteiger partial charge in [-0.3, -0.25) is 5.32 Å². The zero-order valence-electron chi connectivity index (χ0n) is 9.39. The van der Waals surface area contributed by atoms with Gasteiger partial charge in [-0.05, 0) is 33.3 Å². The highest BCUT2D eigenvalue weighted by atomic mass is 16.6. The van der Waals surface area contributed by atoms with E-state index in [1.165, 1.54) is 0 Å². The summed E-state index contributed by atoms with van der Waals surface area (Å²) in [5.41, 5.74) is 0.213. The Morgan fingerprint density at radius 1 is 1.50 bits per heavy atom. The van der Waals surface area contributed by atoms with Crippen LogP contribution < -0.4 is 5.32 Å². The van der Waals surface area contributed by atoms with Crippen molar-refractivity contribution in [2.75, 3.05) is 0 Å². The van der Waals surface area contributed by atoms with Crippen molar-refractivity contribution in [3.8, 4) is 0 Å². The minimum atomic E-state index is -0.470. The van der Waals surface area contributed by atoms with Crippen LogP contribution >= 0.6 is 0 Å². The molecule has 1 amide bonds. The molecule has 0 heterocycles. The first-order chi connectivity index (χ1) is 6.39. The molecule has 0 aromatic heterocycles. The van der Waals surface area contributed by atoms with E-state index in [1.54, 1.807) is 6.08 Å². The number of hydrogen-bond acceptors (Lipinski definition) is 2. The molecule has 0 rings (SSSR count). The van der Waals surface area contributed by atoms with Gasteiger partial charge in [0.25, 0.3) is 0 Å². The molecule has 3 nitrogen and oxygen atoms in total. The van der Waals surface area contributed by atoms with E-state index >= 15 is 0 Å². The van der Waals surface area contributed by atoms with Gasteiger partial charge < -0.3 is 4.74 Å². The van der Waals surface area contributed by atoms with E-state index in [9.17, 15) is 4.79 Å². The number of nitrogens with one attached hydrogen (secondary N) is 1. The van der Waals surface area contributed by atoms with Crippen LogP contribution in [0.25, 0.3) is 0 Å². The maximum Gasteiger partial charge on any atom is 0.412 e.